The first-order chi connectivity index (χ1) is 17.3. The summed E-state index contributed by atoms with van der Waals surface area (Å²) >= 11 is 0. The van der Waals surface area contributed by atoms with Crippen molar-refractivity contribution in [3.05, 3.63) is 12.7 Å². The molecule has 0 aliphatic heterocycles. The Kier molecular flexibility index (Phi) is 21.4. The van der Waals surface area contributed by atoms with Crippen molar-refractivity contribution in [2.45, 2.75) is 90.8 Å². The lowest BCUT2D eigenvalue weighted by Crippen LogP contribution is -2.23. The molecule has 0 bridgehead atoms. The van der Waals surface area contributed by atoms with Gasteiger partial charge in [0, 0.05) is 25.5 Å². The van der Waals surface area contributed by atoms with Crippen molar-refractivity contribution in [3.8, 4) is 0 Å². The molecule has 2 atom stereocenters. The second-order valence-electron chi connectivity index (χ2n) is 8.42. The molecule has 0 saturated heterocycles. The van der Waals surface area contributed by atoms with Gasteiger partial charge in [0.2, 0.25) is 6.29 Å². The van der Waals surface area contributed by atoms with Crippen molar-refractivity contribution in [1.82, 2.24) is 0 Å². The Morgan fingerprint density at radius 1 is 0.778 bits per heavy atom. The lowest BCUT2D eigenvalue weighted by molar-refractivity contribution is -0.177. The smallest absolute Gasteiger partial charge is 0.330 e. The molecular weight excluding hydrogens is 472 g/mol. The summed E-state index contributed by atoms with van der Waals surface area (Å²) in [4.78, 5) is 45.8. The van der Waals surface area contributed by atoms with Crippen molar-refractivity contribution in [1.29, 1.82) is 0 Å². The molecule has 0 fully saturated rings. The van der Waals surface area contributed by atoms with Gasteiger partial charge < -0.3 is 28.8 Å². The fourth-order valence-electron chi connectivity index (χ4n) is 2.80. The molecular formula is C26H44O10. The minimum absolute atomic E-state index is 0.0982. The predicted octanol–water partition coefficient (Wildman–Crippen LogP) is 3.63. The second-order valence-corrected chi connectivity index (χ2v) is 8.42. The maximum absolute atomic E-state index is 11.8. The Bertz CT molecular complexity index is 634. The third-order valence-corrected chi connectivity index (χ3v) is 5.19. The molecule has 1 N–H and O–H groups in total. The number of esters is 4. The third-order valence-electron chi connectivity index (χ3n) is 5.19. The molecule has 0 amide bonds. The number of hydrogen-bond donors (Lipinski definition) is 1. The first-order valence-electron chi connectivity index (χ1n) is 12.9. The van der Waals surface area contributed by atoms with E-state index >= 15 is 0 Å². The first kappa shape index (κ1) is 33.5. The van der Waals surface area contributed by atoms with Crippen LogP contribution in [0.25, 0.3) is 0 Å². The summed E-state index contributed by atoms with van der Waals surface area (Å²) in [6, 6.07) is 0. The molecule has 2 unspecified atom stereocenters. The summed E-state index contributed by atoms with van der Waals surface area (Å²) in [6.45, 7) is 8.24. The van der Waals surface area contributed by atoms with Gasteiger partial charge in [-0.1, -0.05) is 20.4 Å². The van der Waals surface area contributed by atoms with Crippen molar-refractivity contribution in [2.75, 3.05) is 33.0 Å². The van der Waals surface area contributed by atoms with Crippen LogP contribution >= 0.6 is 0 Å². The van der Waals surface area contributed by atoms with E-state index in [1.165, 1.54) is 0 Å². The number of unbranched alkanes of at least 4 members (excludes halogenated alkanes) is 5. The Labute approximate surface area is 214 Å². The van der Waals surface area contributed by atoms with E-state index < -0.39 is 18.2 Å². The monoisotopic (exact) mass is 516 g/mol. The zero-order chi connectivity index (χ0) is 27.0. The lowest BCUT2D eigenvalue weighted by Gasteiger charge is -2.13. The summed E-state index contributed by atoms with van der Waals surface area (Å²) in [7, 11) is 0. The molecule has 0 rings (SSSR count). The van der Waals surface area contributed by atoms with Gasteiger partial charge in [-0.3, -0.25) is 14.4 Å². The summed E-state index contributed by atoms with van der Waals surface area (Å²) < 4.78 is 25.3. The average molecular weight is 517 g/mol. The molecule has 0 radical (unpaired) electrons. The van der Waals surface area contributed by atoms with Gasteiger partial charge in [-0.15, -0.1) is 0 Å². The minimum Gasteiger partial charge on any atom is -0.466 e. The number of hydrogen-bond acceptors (Lipinski definition) is 10. The molecule has 208 valence electrons. The molecule has 0 saturated carbocycles. The van der Waals surface area contributed by atoms with E-state index in [0.29, 0.717) is 71.2 Å². The van der Waals surface area contributed by atoms with Gasteiger partial charge in [-0.05, 0) is 57.8 Å². The van der Waals surface area contributed by atoms with Gasteiger partial charge >= 0.3 is 23.9 Å². The van der Waals surface area contributed by atoms with Crippen LogP contribution in [0.3, 0.4) is 0 Å². The highest BCUT2D eigenvalue weighted by Gasteiger charge is 2.12. The van der Waals surface area contributed by atoms with Gasteiger partial charge in [0.1, 0.15) is 6.61 Å². The van der Waals surface area contributed by atoms with Crippen LogP contribution in [0.2, 0.25) is 0 Å². The molecule has 0 aliphatic carbocycles. The average Bonchev–Trinajstić information content (AvgIpc) is 2.86. The van der Waals surface area contributed by atoms with E-state index in [1.54, 1.807) is 0 Å². The van der Waals surface area contributed by atoms with Gasteiger partial charge in [0.15, 0.2) is 0 Å². The van der Waals surface area contributed by atoms with E-state index in [9.17, 15) is 24.3 Å². The fourth-order valence-corrected chi connectivity index (χ4v) is 2.80. The maximum Gasteiger partial charge on any atom is 0.330 e. The van der Waals surface area contributed by atoms with Crippen molar-refractivity contribution < 1.29 is 48.0 Å². The van der Waals surface area contributed by atoms with Crippen LogP contribution in [-0.4, -0.2) is 68.3 Å². The number of ether oxygens (including phenoxy) is 5. The molecule has 0 aromatic heterocycles. The van der Waals surface area contributed by atoms with E-state index in [2.05, 4.69) is 6.58 Å². The highest BCUT2D eigenvalue weighted by molar-refractivity contribution is 5.81. The lowest BCUT2D eigenvalue weighted by atomic mass is 10.1. The standard InChI is InChI=1S/C26H44O10/c1-4-21(3)26(31)35-19-13-12-16-32-20-25(30)36-24(29)15-9-7-11-18-34-23(28)14-8-6-10-17-33-22(27)5-2/h5,21,25,30H,2,4,6-20H2,1,3H3. The Hall–Kier alpha value is -2.46. The van der Waals surface area contributed by atoms with E-state index in [1.807, 2.05) is 13.8 Å². The van der Waals surface area contributed by atoms with Crippen molar-refractivity contribution in [2.24, 2.45) is 5.92 Å². The zero-order valence-electron chi connectivity index (χ0n) is 21.9. The molecule has 36 heavy (non-hydrogen) atoms. The quantitative estimate of drug-likeness (QED) is 0.0705. The van der Waals surface area contributed by atoms with Crippen LogP contribution in [0.1, 0.15) is 84.5 Å². The van der Waals surface area contributed by atoms with E-state index in [0.717, 1.165) is 18.9 Å². The van der Waals surface area contributed by atoms with E-state index in [-0.39, 0.29) is 37.5 Å². The largest absolute Gasteiger partial charge is 0.466 e. The van der Waals surface area contributed by atoms with Crippen LogP contribution in [0.5, 0.6) is 0 Å². The van der Waals surface area contributed by atoms with Crippen LogP contribution in [0, 0.1) is 5.92 Å². The topological polar surface area (TPSA) is 135 Å². The first-order valence-corrected chi connectivity index (χ1v) is 12.9. The van der Waals surface area contributed by atoms with Crippen LogP contribution < -0.4 is 0 Å². The molecule has 0 aromatic rings. The van der Waals surface area contributed by atoms with Crippen LogP contribution in [0.15, 0.2) is 12.7 Å². The highest BCUT2D eigenvalue weighted by atomic mass is 16.7. The molecule has 10 heteroatoms. The van der Waals surface area contributed by atoms with Crippen molar-refractivity contribution in [3.63, 3.8) is 0 Å². The number of rotatable bonds is 23. The molecule has 0 aromatic carbocycles. The van der Waals surface area contributed by atoms with Gasteiger partial charge in [-0.2, -0.15) is 0 Å². The number of aliphatic hydroxyl groups excluding tert-OH is 1. The van der Waals surface area contributed by atoms with Crippen molar-refractivity contribution >= 4 is 23.9 Å². The van der Waals surface area contributed by atoms with Crippen LogP contribution in [0.4, 0.5) is 0 Å². The zero-order valence-corrected chi connectivity index (χ0v) is 21.9. The Balaban J connectivity index is 3.52. The molecule has 0 spiro atoms. The summed E-state index contributed by atoms with van der Waals surface area (Å²) in [5.74, 6) is -1.53. The second kappa shape index (κ2) is 23.0. The SMILES string of the molecule is C=CC(=O)OCCCCCC(=O)OCCCCCC(=O)OC(O)COCCCCOC(=O)C(C)CC. The minimum atomic E-state index is -1.32. The predicted molar refractivity (Wildman–Crippen MR) is 132 cm³/mol. The number of carbonyl (C=O) groups excluding carboxylic acids is 4. The number of carbonyl (C=O) groups is 4. The summed E-state index contributed by atoms with van der Waals surface area (Å²) in [5, 5.41) is 9.72. The van der Waals surface area contributed by atoms with Crippen LogP contribution in [-0.2, 0) is 42.9 Å². The summed E-state index contributed by atoms with van der Waals surface area (Å²) in [5.41, 5.74) is 0. The highest BCUT2D eigenvalue weighted by Crippen LogP contribution is 2.07. The van der Waals surface area contributed by atoms with E-state index in [4.69, 9.17) is 23.7 Å². The summed E-state index contributed by atoms with van der Waals surface area (Å²) in [6.07, 6.45) is 6.30. The van der Waals surface area contributed by atoms with Gasteiger partial charge in [0.05, 0.1) is 25.7 Å². The normalized spacial score (nSPS) is 12.3. The number of aliphatic hydroxyl groups is 1. The molecule has 10 nitrogen and oxygen atoms in total. The molecule has 0 aliphatic rings. The Morgan fingerprint density at radius 3 is 1.97 bits per heavy atom. The molecule has 0 heterocycles. The van der Waals surface area contributed by atoms with Gasteiger partial charge in [-0.25, -0.2) is 4.79 Å². The fraction of sp³-hybridized carbons (Fsp3) is 0.769. The third kappa shape index (κ3) is 20.9. The van der Waals surface area contributed by atoms with Gasteiger partial charge in [0.25, 0.3) is 0 Å². The maximum atomic E-state index is 11.8. The Morgan fingerprint density at radius 2 is 1.33 bits per heavy atom.